The zero-order valence-corrected chi connectivity index (χ0v) is 12.8. The Labute approximate surface area is 116 Å². The third-order valence-electron chi connectivity index (χ3n) is 2.99. The second-order valence-electron chi connectivity index (χ2n) is 4.91. The Balaban J connectivity index is 2.42. The van der Waals surface area contributed by atoms with E-state index in [4.69, 9.17) is 0 Å². The lowest BCUT2D eigenvalue weighted by molar-refractivity contribution is 0.186. The summed E-state index contributed by atoms with van der Waals surface area (Å²) >= 11 is 3.25. The largest absolute Gasteiger partial charge is 0.314 e. The molecular formula is C11H16BrN3O2S. The molecule has 1 saturated heterocycles. The predicted octanol–water partition coefficient (Wildman–Crippen LogP) is 1.22. The van der Waals surface area contributed by atoms with Crippen molar-refractivity contribution < 1.29 is 8.42 Å². The Morgan fingerprint density at radius 1 is 1.44 bits per heavy atom. The van der Waals surface area contributed by atoms with Gasteiger partial charge in [0.25, 0.3) is 0 Å². The summed E-state index contributed by atoms with van der Waals surface area (Å²) in [6.07, 6.45) is 2.96. The van der Waals surface area contributed by atoms with Crippen LogP contribution in [0, 0.1) is 0 Å². The molecule has 5 nitrogen and oxygen atoms in total. The van der Waals surface area contributed by atoms with E-state index in [1.807, 2.05) is 13.8 Å². The highest BCUT2D eigenvalue weighted by Gasteiger charge is 2.39. The molecule has 2 heterocycles. The van der Waals surface area contributed by atoms with Gasteiger partial charge >= 0.3 is 0 Å². The van der Waals surface area contributed by atoms with Gasteiger partial charge in [0.1, 0.15) is 4.90 Å². The summed E-state index contributed by atoms with van der Waals surface area (Å²) in [6, 6.07) is 1.58. The topological polar surface area (TPSA) is 62.3 Å². The van der Waals surface area contributed by atoms with E-state index >= 15 is 0 Å². The van der Waals surface area contributed by atoms with E-state index in [0.717, 1.165) is 0 Å². The minimum Gasteiger partial charge on any atom is -0.314 e. The molecule has 1 aromatic heterocycles. The Kier molecular flexibility index (Phi) is 3.77. The van der Waals surface area contributed by atoms with Crippen LogP contribution in [0.3, 0.4) is 0 Å². The van der Waals surface area contributed by atoms with Crippen molar-refractivity contribution in [3.8, 4) is 0 Å². The highest BCUT2D eigenvalue weighted by atomic mass is 79.9. The normalized spacial score (nSPS) is 20.8. The highest BCUT2D eigenvalue weighted by Crippen LogP contribution is 2.26. The summed E-state index contributed by atoms with van der Waals surface area (Å²) in [4.78, 5) is 4.15. The van der Waals surface area contributed by atoms with Crippen LogP contribution in [0.15, 0.2) is 27.8 Å². The maximum atomic E-state index is 12.6. The van der Waals surface area contributed by atoms with Crippen molar-refractivity contribution in [1.29, 1.82) is 0 Å². The Morgan fingerprint density at radius 2 is 2.17 bits per heavy atom. The van der Waals surface area contributed by atoms with Crippen molar-refractivity contribution >= 4 is 26.0 Å². The molecule has 1 N–H and O–H groups in total. The van der Waals surface area contributed by atoms with Crippen molar-refractivity contribution in [3.63, 3.8) is 0 Å². The summed E-state index contributed by atoms with van der Waals surface area (Å²) in [5.74, 6) is 0. The van der Waals surface area contributed by atoms with Crippen LogP contribution in [-0.2, 0) is 10.0 Å². The van der Waals surface area contributed by atoms with E-state index in [9.17, 15) is 8.42 Å². The minimum atomic E-state index is -3.49. The summed E-state index contributed by atoms with van der Waals surface area (Å²) < 4.78 is 27.4. The van der Waals surface area contributed by atoms with Gasteiger partial charge in [-0.15, -0.1) is 0 Å². The molecule has 1 aliphatic heterocycles. The quantitative estimate of drug-likeness (QED) is 0.883. The smallest absolute Gasteiger partial charge is 0.245 e. The SMILES string of the molecule is CC1(C)CNCCN1S(=O)(=O)c1cncc(Br)c1. The molecule has 0 spiro atoms. The molecule has 1 aromatic rings. The maximum absolute atomic E-state index is 12.6. The molecule has 0 atom stereocenters. The molecule has 0 aliphatic carbocycles. The first kappa shape index (κ1) is 13.9. The van der Waals surface area contributed by atoms with Crippen LogP contribution < -0.4 is 5.32 Å². The van der Waals surface area contributed by atoms with Crippen LogP contribution in [0.4, 0.5) is 0 Å². The van der Waals surface area contributed by atoms with Crippen molar-refractivity contribution in [1.82, 2.24) is 14.6 Å². The summed E-state index contributed by atoms with van der Waals surface area (Å²) in [5, 5.41) is 3.21. The number of nitrogens with zero attached hydrogens (tertiary/aromatic N) is 2. The number of hydrogen-bond donors (Lipinski definition) is 1. The average molecular weight is 334 g/mol. The van der Waals surface area contributed by atoms with Gasteiger partial charge in [0, 0.05) is 42.0 Å². The average Bonchev–Trinajstić information content (AvgIpc) is 2.28. The molecule has 100 valence electrons. The Morgan fingerprint density at radius 3 is 2.78 bits per heavy atom. The third kappa shape index (κ3) is 2.59. The molecule has 0 aromatic carbocycles. The second-order valence-corrected chi connectivity index (χ2v) is 7.68. The maximum Gasteiger partial charge on any atom is 0.245 e. The van der Waals surface area contributed by atoms with Crippen LogP contribution in [0.5, 0.6) is 0 Å². The van der Waals surface area contributed by atoms with E-state index < -0.39 is 15.6 Å². The van der Waals surface area contributed by atoms with Gasteiger partial charge in [0.2, 0.25) is 10.0 Å². The fourth-order valence-corrected chi connectivity index (χ4v) is 4.36. The van der Waals surface area contributed by atoms with E-state index in [1.165, 1.54) is 6.20 Å². The molecule has 2 rings (SSSR count). The van der Waals surface area contributed by atoms with Gasteiger partial charge in [-0.1, -0.05) is 0 Å². The zero-order chi connectivity index (χ0) is 13.4. The lowest BCUT2D eigenvalue weighted by Crippen LogP contribution is -2.59. The molecule has 0 amide bonds. The minimum absolute atomic E-state index is 0.229. The molecule has 1 aliphatic rings. The number of pyridine rings is 1. The molecule has 0 radical (unpaired) electrons. The fraction of sp³-hybridized carbons (Fsp3) is 0.545. The van der Waals surface area contributed by atoms with Crippen LogP contribution in [0.25, 0.3) is 0 Å². The summed E-state index contributed by atoms with van der Waals surface area (Å²) in [5.41, 5.74) is -0.431. The number of aromatic nitrogens is 1. The first-order valence-corrected chi connectivity index (χ1v) is 7.91. The monoisotopic (exact) mass is 333 g/mol. The number of nitrogens with one attached hydrogen (secondary N) is 1. The van der Waals surface area contributed by atoms with E-state index in [2.05, 4.69) is 26.2 Å². The number of sulfonamides is 1. The van der Waals surface area contributed by atoms with Crippen molar-refractivity contribution in [2.24, 2.45) is 0 Å². The Hall–Kier alpha value is -0.500. The highest BCUT2D eigenvalue weighted by molar-refractivity contribution is 9.10. The van der Waals surface area contributed by atoms with Crippen LogP contribution in [0.1, 0.15) is 13.8 Å². The summed E-state index contributed by atoms with van der Waals surface area (Å²) in [6.45, 7) is 5.63. The van der Waals surface area contributed by atoms with Gasteiger partial charge in [-0.05, 0) is 35.8 Å². The van der Waals surface area contributed by atoms with Gasteiger partial charge in [-0.2, -0.15) is 4.31 Å². The standard InChI is InChI=1S/C11H16BrN3O2S/c1-11(2)8-13-3-4-15(11)18(16,17)10-5-9(12)6-14-7-10/h5-7,13H,3-4,8H2,1-2H3. The molecule has 0 bridgehead atoms. The molecule has 18 heavy (non-hydrogen) atoms. The summed E-state index contributed by atoms with van der Waals surface area (Å²) in [7, 11) is -3.49. The lowest BCUT2D eigenvalue weighted by atomic mass is 10.0. The van der Waals surface area contributed by atoms with Crippen LogP contribution in [0.2, 0.25) is 0 Å². The van der Waals surface area contributed by atoms with Crippen LogP contribution >= 0.6 is 15.9 Å². The molecule has 0 saturated carbocycles. The molecule has 7 heteroatoms. The number of hydrogen-bond acceptors (Lipinski definition) is 4. The number of halogens is 1. The van der Waals surface area contributed by atoms with Crippen molar-refractivity contribution in [2.75, 3.05) is 19.6 Å². The van der Waals surface area contributed by atoms with E-state index in [1.54, 1.807) is 16.6 Å². The van der Waals surface area contributed by atoms with Crippen molar-refractivity contribution in [2.45, 2.75) is 24.3 Å². The number of rotatable bonds is 2. The molecule has 0 unspecified atom stereocenters. The molecular weight excluding hydrogens is 318 g/mol. The van der Waals surface area contributed by atoms with Gasteiger partial charge in [-0.3, -0.25) is 4.98 Å². The number of piperazine rings is 1. The van der Waals surface area contributed by atoms with Crippen LogP contribution in [-0.4, -0.2) is 42.9 Å². The van der Waals surface area contributed by atoms with Gasteiger partial charge in [0.05, 0.1) is 0 Å². The van der Waals surface area contributed by atoms with E-state index in [0.29, 0.717) is 24.1 Å². The van der Waals surface area contributed by atoms with E-state index in [-0.39, 0.29) is 4.90 Å². The fourth-order valence-electron chi connectivity index (χ4n) is 2.07. The predicted molar refractivity (Wildman–Crippen MR) is 72.8 cm³/mol. The van der Waals surface area contributed by atoms with Gasteiger partial charge < -0.3 is 5.32 Å². The lowest BCUT2D eigenvalue weighted by Gasteiger charge is -2.41. The van der Waals surface area contributed by atoms with Gasteiger partial charge in [0.15, 0.2) is 0 Å². The first-order valence-electron chi connectivity index (χ1n) is 5.68. The molecule has 1 fully saturated rings. The van der Waals surface area contributed by atoms with Gasteiger partial charge in [-0.25, -0.2) is 8.42 Å². The third-order valence-corrected chi connectivity index (χ3v) is 5.50. The Bertz CT molecular complexity index is 545. The zero-order valence-electron chi connectivity index (χ0n) is 10.4. The van der Waals surface area contributed by atoms with Crippen molar-refractivity contribution in [3.05, 3.63) is 22.9 Å². The second kappa shape index (κ2) is 4.88. The first-order chi connectivity index (χ1) is 8.34.